The zero-order valence-corrected chi connectivity index (χ0v) is 15.4. The number of aromatic nitrogens is 5. The molecule has 4 rings (SSSR count). The Hall–Kier alpha value is -4.38. The lowest BCUT2D eigenvalue weighted by Gasteiger charge is -2.07. The number of hydrogen-bond donors (Lipinski definition) is 1. The molecule has 1 amide bonds. The van der Waals surface area contributed by atoms with Gasteiger partial charge < -0.3 is 5.32 Å². The van der Waals surface area contributed by atoms with Gasteiger partial charge in [0.15, 0.2) is 0 Å². The Morgan fingerprint density at radius 1 is 1.10 bits per heavy atom. The Bertz CT molecular complexity index is 1190. The molecule has 0 radical (unpaired) electrons. The van der Waals surface area contributed by atoms with E-state index < -0.39 is 0 Å². The van der Waals surface area contributed by atoms with Gasteiger partial charge in [-0.25, -0.2) is 14.6 Å². The monoisotopic (exact) mass is 381 g/mol. The van der Waals surface area contributed by atoms with E-state index >= 15 is 0 Å². The average molecular weight is 381 g/mol. The molecule has 0 saturated heterocycles. The summed E-state index contributed by atoms with van der Waals surface area (Å²) in [5.41, 5.74) is 4.08. The predicted molar refractivity (Wildman–Crippen MR) is 106 cm³/mol. The van der Waals surface area contributed by atoms with Crippen LogP contribution in [-0.4, -0.2) is 30.6 Å². The van der Waals surface area contributed by atoms with Gasteiger partial charge in [0.05, 0.1) is 23.1 Å². The number of anilines is 1. The van der Waals surface area contributed by atoms with Crippen molar-refractivity contribution in [3.05, 3.63) is 84.2 Å². The van der Waals surface area contributed by atoms with Crippen molar-refractivity contribution in [2.24, 2.45) is 0 Å². The molecule has 0 spiro atoms. The number of nitrogens with zero attached hydrogens (tertiary/aromatic N) is 6. The number of rotatable bonds is 4. The molecule has 29 heavy (non-hydrogen) atoms. The number of carbonyl (C=O) groups is 1. The number of nitriles is 1. The zero-order chi connectivity index (χ0) is 20.2. The van der Waals surface area contributed by atoms with Crippen LogP contribution < -0.4 is 5.32 Å². The first-order valence-electron chi connectivity index (χ1n) is 8.75. The normalized spacial score (nSPS) is 10.3. The second-order valence-electron chi connectivity index (χ2n) is 6.22. The highest BCUT2D eigenvalue weighted by Gasteiger charge is 2.11. The Morgan fingerprint density at radius 2 is 2.00 bits per heavy atom. The molecule has 0 fully saturated rings. The number of carbonyl (C=O) groups excluding carboxylic acids is 1. The zero-order valence-electron chi connectivity index (χ0n) is 15.4. The van der Waals surface area contributed by atoms with Gasteiger partial charge in [0, 0.05) is 29.8 Å². The number of pyridine rings is 3. The van der Waals surface area contributed by atoms with Crippen LogP contribution in [0.25, 0.3) is 16.9 Å². The molecule has 1 N–H and O–H groups in total. The van der Waals surface area contributed by atoms with Crippen molar-refractivity contribution in [1.29, 1.82) is 5.26 Å². The maximum atomic E-state index is 12.3. The summed E-state index contributed by atoms with van der Waals surface area (Å²) in [6.07, 6.45) is 6.48. The Balaban J connectivity index is 1.51. The molecule has 0 bridgehead atoms. The van der Waals surface area contributed by atoms with E-state index in [9.17, 15) is 4.79 Å². The molecule has 0 saturated carbocycles. The highest BCUT2D eigenvalue weighted by molar-refractivity contribution is 6.03. The van der Waals surface area contributed by atoms with Crippen LogP contribution in [0.2, 0.25) is 0 Å². The molecular weight excluding hydrogens is 366 g/mol. The molecule has 8 nitrogen and oxygen atoms in total. The number of nitrogens with one attached hydrogen (secondary N) is 1. The maximum absolute atomic E-state index is 12.3. The Morgan fingerprint density at radius 3 is 2.66 bits per heavy atom. The van der Waals surface area contributed by atoms with Gasteiger partial charge >= 0.3 is 0 Å². The van der Waals surface area contributed by atoms with Crippen LogP contribution >= 0.6 is 0 Å². The second kappa shape index (κ2) is 7.70. The van der Waals surface area contributed by atoms with Crippen molar-refractivity contribution < 1.29 is 4.79 Å². The minimum absolute atomic E-state index is 0.254. The van der Waals surface area contributed by atoms with Gasteiger partial charge in [0.25, 0.3) is 5.91 Å². The highest BCUT2D eigenvalue weighted by Crippen LogP contribution is 2.20. The summed E-state index contributed by atoms with van der Waals surface area (Å²) in [6, 6.07) is 14.3. The smallest absolute Gasteiger partial charge is 0.258 e. The van der Waals surface area contributed by atoms with Crippen molar-refractivity contribution in [2.45, 2.75) is 6.92 Å². The van der Waals surface area contributed by atoms with Crippen LogP contribution in [0.4, 0.5) is 5.82 Å². The van der Waals surface area contributed by atoms with Gasteiger partial charge in [0.2, 0.25) is 0 Å². The fourth-order valence-corrected chi connectivity index (χ4v) is 2.76. The maximum Gasteiger partial charge on any atom is 0.258 e. The third-order valence-electron chi connectivity index (χ3n) is 4.22. The SMILES string of the molecule is Cc1cc(-c2cccnc2)nn1-c1ccc(NC(=O)c2ccc(C#N)nc2)nc1. The minimum Gasteiger partial charge on any atom is -0.307 e. The van der Waals surface area contributed by atoms with Crippen LogP contribution in [0.5, 0.6) is 0 Å². The summed E-state index contributed by atoms with van der Waals surface area (Å²) < 4.78 is 1.78. The average Bonchev–Trinajstić information content (AvgIpc) is 3.16. The van der Waals surface area contributed by atoms with Gasteiger partial charge in [0.1, 0.15) is 17.6 Å². The summed E-state index contributed by atoms with van der Waals surface area (Å²) in [5, 5.41) is 16.1. The Labute approximate surface area is 166 Å². The van der Waals surface area contributed by atoms with Gasteiger partial charge in [-0.1, -0.05) is 0 Å². The molecule has 0 aromatic carbocycles. The largest absolute Gasteiger partial charge is 0.307 e. The van der Waals surface area contributed by atoms with E-state index in [2.05, 4.69) is 25.4 Å². The molecule has 8 heteroatoms. The third kappa shape index (κ3) is 3.84. The molecule has 0 atom stereocenters. The fourth-order valence-electron chi connectivity index (χ4n) is 2.76. The summed E-state index contributed by atoms with van der Waals surface area (Å²) in [5.74, 6) is 0.0526. The molecular formula is C21H15N7O. The van der Waals surface area contributed by atoms with E-state index in [1.54, 1.807) is 35.4 Å². The van der Waals surface area contributed by atoms with Crippen LogP contribution in [0.3, 0.4) is 0 Å². The Kier molecular flexibility index (Phi) is 4.78. The van der Waals surface area contributed by atoms with E-state index in [-0.39, 0.29) is 11.6 Å². The number of aryl methyl sites for hydroxylation is 1. The van der Waals surface area contributed by atoms with E-state index in [0.717, 1.165) is 22.6 Å². The predicted octanol–water partition coefficient (Wildman–Crippen LogP) is 3.16. The van der Waals surface area contributed by atoms with Crippen LogP contribution in [0.1, 0.15) is 21.7 Å². The summed E-state index contributed by atoms with van der Waals surface area (Å²) in [7, 11) is 0. The highest BCUT2D eigenvalue weighted by atomic mass is 16.1. The van der Waals surface area contributed by atoms with Gasteiger partial charge in [-0.3, -0.25) is 9.78 Å². The molecule has 4 heterocycles. The van der Waals surface area contributed by atoms with Crippen molar-refractivity contribution >= 4 is 11.7 Å². The lowest BCUT2D eigenvalue weighted by Crippen LogP contribution is -2.13. The quantitative estimate of drug-likeness (QED) is 0.581. The van der Waals surface area contributed by atoms with Crippen molar-refractivity contribution in [2.75, 3.05) is 5.32 Å². The minimum atomic E-state index is -0.351. The van der Waals surface area contributed by atoms with Crippen LogP contribution in [-0.2, 0) is 0 Å². The van der Waals surface area contributed by atoms with Gasteiger partial charge in [-0.05, 0) is 49.4 Å². The molecule has 4 aromatic rings. The molecule has 0 aliphatic carbocycles. The molecule has 4 aromatic heterocycles. The second-order valence-corrected chi connectivity index (χ2v) is 6.22. The lowest BCUT2D eigenvalue weighted by molar-refractivity contribution is 0.102. The summed E-state index contributed by atoms with van der Waals surface area (Å²) in [4.78, 5) is 24.6. The first-order valence-corrected chi connectivity index (χ1v) is 8.75. The first-order chi connectivity index (χ1) is 14.1. The van der Waals surface area contributed by atoms with Gasteiger partial charge in [-0.2, -0.15) is 10.4 Å². The molecule has 140 valence electrons. The van der Waals surface area contributed by atoms with Crippen LogP contribution in [0.15, 0.2) is 67.3 Å². The lowest BCUT2D eigenvalue weighted by atomic mass is 10.2. The van der Waals surface area contributed by atoms with Crippen LogP contribution in [0, 0.1) is 18.3 Å². The van der Waals surface area contributed by atoms with E-state index in [1.165, 1.54) is 12.3 Å². The first kappa shape index (κ1) is 18.0. The topological polar surface area (TPSA) is 109 Å². The van der Waals surface area contributed by atoms with Crippen molar-refractivity contribution in [3.8, 4) is 23.0 Å². The van der Waals surface area contributed by atoms with Crippen molar-refractivity contribution in [1.82, 2.24) is 24.7 Å². The molecule has 0 unspecified atom stereocenters. The number of amides is 1. The standard InChI is InChI=1S/C21H15N7O/c1-14-9-19(15-3-2-8-23-11-15)27-28(14)18-6-7-20(25-13-18)26-21(29)16-4-5-17(10-22)24-12-16/h2-9,11-13H,1H3,(H,25,26,29). The molecule has 0 aliphatic heterocycles. The summed E-state index contributed by atoms with van der Waals surface area (Å²) in [6.45, 7) is 1.96. The molecule has 0 aliphatic rings. The van der Waals surface area contributed by atoms with Gasteiger partial charge in [-0.15, -0.1) is 0 Å². The van der Waals surface area contributed by atoms with E-state index in [0.29, 0.717) is 11.4 Å². The van der Waals surface area contributed by atoms with E-state index in [4.69, 9.17) is 5.26 Å². The number of hydrogen-bond acceptors (Lipinski definition) is 6. The van der Waals surface area contributed by atoms with E-state index in [1.807, 2.05) is 37.3 Å². The summed E-state index contributed by atoms with van der Waals surface area (Å²) >= 11 is 0. The van der Waals surface area contributed by atoms with Crippen molar-refractivity contribution in [3.63, 3.8) is 0 Å². The third-order valence-corrected chi connectivity index (χ3v) is 4.22. The fraction of sp³-hybridized carbons (Fsp3) is 0.0476.